The molecule has 4 rings (SSSR count). The summed E-state index contributed by atoms with van der Waals surface area (Å²) in [6.07, 6.45) is 4.51. The molecule has 0 N–H and O–H groups in total. The quantitative estimate of drug-likeness (QED) is 0.476. The van der Waals surface area contributed by atoms with Crippen molar-refractivity contribution in [2.24, 2.45) is 0 Å². The Morgan fingerprint density at radius 3 is 2.43 bits per heavy atom. The van der Waals surface area contributed by atoms with Gasteiger partial charge in [-0.25, -0.2) is 4.98 Å². The van der Waals surface area contributed by atoms with E-state index < -0.39 is 0 Å². The number of methoxy groups -OCH3 is 3. The van der Waals surface area contributed by atoms with Gasteiger partial charge in [-0.2, -0.15) is 0 Å². The van der Waals surface area contributed by atoms with Gasteiger partial charge in [-0.05, 0) is 61.1 Å². The summed E-state index contributed by atoms with van der Waals surface area (Å²) in [7, 11) is 6.79. The van der Waals surface area contributed by atoms with Crippen molar-refractivity contribution >= 4 is 5.91 Å². The monoisotopic (exact) mass is 477 g/mol. The summed E-state index contributed by atoms with van der Waals surface area (Å²) < 4.78 is 18.4. The molecule has 0 saturated heterocycles. The standard InChI is InChI=1S/C28H35N3O4/c1-18-13-22(14-19(2)27(18)35-6)21-8-10-26-29-23(17-31(26)16-21)28(32)30(3)12-11-20-7-9-24(33-4)25(15-20)34-5/h7,9,13-15,17,21H,8,10-12,16H2,1-6H3. The van der Waals surface area contributed by atoms with Crippen LogP contribution in [-0.2, 0) is 19.4 Å². The molecule has 0 radical (unpaired) electrons. The molecule has 7 heteroatoms. The van der Waals surface area contributed by atoms with Crippen LogP contribution in [0, 0.1) is 13.8 Å². The van der Waals surface area contributed by atoms with Crippen LogP contribution in [0.2, 0.25) is 0 Å². The number of likely N-dealkylation sites (N-methyl/N-ethyl adjacent to an activating group) is 1. The molecular weight excluding hydrogens is 442 g/mol. The van der Waals surface area contributed by atoms with Crippen molar-refractivity contribution < 1.29 is 19.0 Å². The number of ether oxygens (including phenoxy) is 3. The summed E-state index contributed by atoms with van der Waals surface area (Å²) in [5.41, 5.74) is 5.23. The van der Waals surface area contributed by atoms with E-state index in [-0.39, 0.29) is 5.91 Å². The molecule has 1 aromatic heterocycles. The van der Waals surface area contributed by atoms with Crippen LogP contribution in [0.15, 0.2) is 36.5 Å². The van der Waals surface area contributed by atoms with E-state index in [2.05, 4.69) is 35.5 Å². The third-order valence-corrected chi connectivity index (χ3v) is 6.90. The Kier molecular flexibility index (Phi) is 7.34. The van der Waals surface area contributed by atoms with E-state index in [4.69, 9.17) is 14.2 Å². The zero-order valence-corrected chi connectivity index (χ0v) is 21.6. The molecule has 7 nitrogen and oxygen atoms in total. The SMILES string of the molecule is COc1ccc(CCN(C)C(=O)c2cn3c(n2)CCC(c2cc(C)c(OC)c(C)c2)C3)cc1OC. The Labute approximate surface area is 207 Å². The molecule has 186 valence electrons. The number of hydrogen-bond donors (Lipinski definition) is 0. The van der Waals surface area contributed by atoms with Gasteiger partial charge in [0.05, 0.1) is 21.3 Å². The third kappa shape index (κ3) is 5.14. The first-order chi connectivity index (χ1) is 16.8. The molecule has 0 aliphatic carbocycles. The maximum absolute atomic E-state index is 13.1. The molecule has 1 unspecified atom stereocenters. The number of carbonyl (C=O) groups excluding carboxylic acids is 1. The van der Waals surface area contributed by atoms with Gasteiger partial charge in [0, 0.05) is 38.7 Å². The predicted molar refractivity (Wildman–Crippen MR) is 136 cm³/mol. The lowest BCUT2D eigenvalue weighted by atomic mass is 9.89. The number of nitrogens with zero attached hydrogens (tertiary/aromatic N) is 3. The summed E-state index contributed by atoms with van der Waals surface area (Å²) in [4.78, 5) is 19.5. The molecule has 1 aliphatic heterocycles. The smallest absolute Gasteiger partial charge is 0.273 e. The van der Waals surface area contributed by atoms with E-state index in [1.165, 1.54) is 5.56 Å². The number of amides is 1. The molecule has 0 fully saturated rings. The second-order valence-corrected chi connectivity index (χ2v) is 9.28. The number of rotatable bonds is 8. The van der Waals surface area contributed by atoms with Crippen molar-refractivity contribution in [1.82, 2.24) is 14.5 Å². The number of imidazole rings is 1. The highest BCUT2D eigenvalue weighted by Crippen LogP contribution is 2.33. The second kappa shape index (κ2) is 10.4. The number of benzene rings is 2. The van der Waals surface area contributed by atoms with Gasteiger partial charge in [-0.3, -0.25) is 4.79 Å². The van der Waals surface area contributed by atoms with Crippen molar-refractivity contribution in [2.45, 2.75) is 45.6 Å². The average molecular weight is 478 g/mol. The molecule has 0 bridgehead atoms. The molecule has 1 atom stereocenters. The molecule has 0 spiro atoms. The van der Waals surface area contributed by atoms with Crippen LogP contribution in [-0.4, -0.2) is 55.3 Å². The van der Waals surface area contributed by atoms with E-state index in [1.807, 2.05) is 31.4 Å². The topological polar surface area (TPSA) is 65.8 Å². The first-order valence-corrected chi connectivity index (χ1v) is 12.0. The summed E-state index contributed by atoms with van der Waals surface area (Å²) in [6, 6.07) is 10.3. The van der Waals surface area contributed by atoms with Gasteiger partial charge in [0.25, 0.3) is 5.91 Å². The summed E-state index contributed by atoms with van der Waals surface area (Å²) in [6.45, 7) is 5.60. The largest absolute Gasteiger partial charge is 0.496 e. The lowest BCUT2D eigenvalue weighted by molar-refractivity contribution is 0.0791. The fourth-order valence-electron chi connectivity index (χ4n) is 4.99. The lowest BCUT2D eigenvalue weighted by Gasteiger charge is -2.25. The fourth-order valence-corrected chi connectivity index (χ4v) is 4.99. The van der Waals surface area contributed by atoms with Crippen LogP contribution in [0.25, 0.3) is 0 Å². The van der Waals surface area contributed by atoms with Crippen LogP contribution in [0.1, 0.15) is 50.9 Å². The second-order valence-electron chi connectivity index (χ2n) is 9.28. The Morgan fingerprint density at radius 2 is 1.77 bits per heavy atom. The van der Waals surface area contributed by atoms with Crippen LogP contribution < -0.4 is 14.2 Å². The van der Waals surface area contributed by atoms with E-state index >= 15 is 0 Å². The highest BCUT2D eigenvalue weighted by Gasteiger charge is 2.25. The number of fused-ring (bicyclic) bond motifs is 1. The molecule has 1 amide bonds. The van der Waals surface area contributed by atoms with Gasteiger partial charge >= 0.3 is 0 Å². The Hall–Kier alpha value is -3.48. The van der Waals surface area contributed by atoms with Crippen molar-refractivity contribution in [1.29, 1.82) is 0 Å². The molecular formula is C28H35N3O4. The maximum atomic E-state index is 13.1. The molecule has 1 aliphatic rings. The zero-order valence-electron chi connectivity index (χ0n) is 21.6. The summed E-state index contributed by atoms with van der Waals surface area (Å²) >= 11 is 0. The molecule has 35 heavy (non-hydrogen) atoms. The fraction of sp³-hybridized carbons (Fsp3) is 0.429. The van der Waals surface area contributed by atoms with Gasteiger partial charge in [0.15, 0.2) is 11.5 Å². The minimum Gasteiger partial charge on any atom is -0.496 e. The van der Waals surface area contributed by atoms with Crippen LogP contribution in [0.3, 0.4) is 0 Å². The van der Waals surface area contributed by atoms with Gasteiger partial charge < -0.3 is 23.7 Å². The van der Waals surface area contributed by atoms with E-state index in [0.717, 1.165) is 47.7 Å². The summed E-state index contributed by atoms with van der Waals surface area (Å²) in [5, 5.41) is 0. The van der Waals surface area contributed by atoms with Gasteiger partial charge in [0.1, 0.15) is 17.3 Å². The minimum atomic E-state index is -0.0555. The van der Waals surface area contributed by atoms with E-state index in [0.29, 0.717) is 36.1 Å². The first kappa shape index (κ1) is 24.6. The number of aromatic nitrogens is 2. The normalized spacial score (nSPS) is 14.9. The Balaban J connectivity index is 1.42. The molecule has 2 heterocycles. The highest BCUT2D eigenvalue weighted by atomic mass is 16.5. The molecule has 0 saturated carbocycles. The van der Waals surface area contributed by atoms with E-state index in [1.54, 1.807) is 26.2 Å². The van der Waals surface area contributed by atoms with Crippen LogP contribution >= 0.6 is 0 Å². The number of carbonyl (C=O) groups is 1. The van der Waals surface area contributed by atoms with Crippen molar-refractivity contribution in [3.8, 4) is 17.2 Å². The van der Waals surface area contributed by atoms with Crippen molar-refractivity contribution in [3.63, 3.8) is 0 Å². The Morgan fingerprint density at radius 1 is 1.06 bits per heavy atom. The van der Waals surface area contributed by atoms with Gasteiger partial charge in [-0.1, -0.05) is 18.2 Å². The minimum absolute atomic E-state index is 0.0555. The first-order valence-electron chi connectivity index (χ1n) is 12.0. The van der Waals surface area contributed by atoms with Gasteiger partial charge in [-0.15, -0.1) is 0 Å². The zero-order chi connectivity index (χ0) is 25.1. The number of aryl methyl sites for hydroxylation is 3. The van der Waals surface area contributed by atoms with Crippen molar-refractivity contribution in [2.75, 3.05) is 34.9 Å². The maximum Gasteiger partial charge on any atom is 0.273 e. The number of hydrogen-bond acceptors (Lipinski definition) is 5. The third-order valence-electron chi connectivity index (χ3n) is 6.90. The predicted octanol–water partition coefficient (Wildman–Crippen LogP) is 4.57. The molecule has 3 aromatic rings. The van der Waals surface area contributed by atoms with Crippen molar-refractivity contribution in [3.05, 3.63) is 70.3 Å². The van der Waals surface area contributed by atoms with Crippen LogP contribution in [0.5, 0.6) is 17.2 Å². The Bertz CT molecular complexity index is 1190. The van der Waals surface area contributed by atoms with Gasteiger partial charge in [0.2, 0.25) is 0 Å². The average Bonchev–Trinajstić information content (AvgIpc) is 3.29. The molecule has 2 aromatic carbocycles. The van der Waals surface area contributed by atoms with E-state index in [9.17, 15) is 4.79 Å². The van der Waals surface area contributed by atoms with Crippen LogP contribution in [0.4, 0.5) is 0 Å². The highest BCUT2D eigenvalue weighted by molar-refractivity contribution is 5.92. The summed E-state index contributed by atoms with van der Waals surface area (Å²) in [5.74, 6) is 3.67. The lowest BCUT2D eigenvalue weighted by Crippen LogP contribution is -2.29.